The summed E-state index contributed by atoms with van der Waals surface area (Å²) in [6, 6.07) is 13.4. The minimum absolute atomic E-state index is 0.0261. The molecule has 2 heterocycles. The molecule has 0 unspecified atom stereocenters. The number of sulfonamides is 1. The molecule has 9 nitrogen and oxygen atoms in total. The van der Waals surface area contributed by atoms with Gasteiger partial charge in [-0.2, -0.15) is 9.29 Å². The fourth-order valence-electron chi connectivity index (χ4n) is 3.74. The smallest absolute Gasteiger partial charge is 0.339 e. The topological polar surface area (TPSA) is 112 Å². The van der Waals surface area contributed by atoms with Gasteiger partial charge in [-0.15, -0.1) is 0 Å². The number of hydrogen-bond acceptors (Lipinski definition) is 8. The van der Waals surface area contributed by atoms with Gasteiger partial charge < -0.3 is 14.0 Å². The van der Waals surface area contributed by atoms with E-state index in [2.05, 4.69) is 10.1 Å². The van der Waals surface area contributed by atoms with E-state index >= 15 is 0 Å². The largest absolute Gasteiger partial charge is 0.497 e. The van der Waals surface area contributed by atoms with Crippen LogP contribution in [0.1, 0.15) is 34.9 Å². The van der Waals surface area contributed by atoms with Crippen LogP contribution in [-0.4, -0.2) is 56.1 Å². The third-order valence-corrected chi connectivity index (χ3v) is 7.44. The molecule has 1 aliphatic rings. The monoisotopic (exact) mass is 457 g/mol. The second kappa shape index (κ2) is 9.09. The highest BCUT2D eigenvalue weighted by Crippen LogP contribution is 2.32. The summed E-state index contributed by atoms with van der Waals surface area (Å²) in [5, 5.41) is 4.11. The molecule has 10 heteroatoms. The van der Waals surface area contributed by atoms with Crippen LogP contribution in [0.3, 0.4) is 0 Å². The van der Waals surface area contributed by atoms with Gasteiger partial charge in [0.05, 0.1) is 24.7 Å². The van der Waals surface area contributed by atoms with Crippen molar-refractivity contribution < 1.29 is 27.2 Å². The molecule has 0 saturated carbocycles. The van der Waals surface area contributed by atoms with Crippen molar-refractivity contribution in [2.45, 2.75) is 23.7 Å². The summed E-state index contributed by atoms with van der Waals surface area (Å²) in [6.07, 6.45) is 1.08. The molecule has 0 spiro atoms. The minimum atomic E-state index is -3.84. The average molecular weight is 458 g/mol. The molecule has 0 bridgehead atoms. The number of benzene rings is 2. The van der Waals surface area contributed by atoms with Gasteiger partial charge >= 0.3 is 5.97 Å². The van der Waals surface area contributed by atoms with E-state index in [-0.39, 0.29) is 29.5 Å². The number of esters is 1. The van der Waals surface area contributed by atoms with Crippen LogP contribution in [0.4, 0.5) is 0 Å². The van der Waals surface area contributed by atoms with Crippen molar-refractivity contribution in [3.63, 3.8) is 0 Å². The van der Waals surface area contributed by atoms with Gasteiger partial charge in [-0.3, -0.25) is 0 Å². The Labute approximate surface area is 186 Å². The van der Waals surface area contributed by atoms with E-state index in [1.807, 2.05) is 24.3 Å². The molecule has 1 fully saturated rings. The number of methoxy groups -OCH3 is 2. The van der Waals surface area contributed by atoms with Crippen LogP contribution in [-0.2, 0) is 14.8 Å². The summed E-state index contributed by atoms with van der Waals surface area (Å²) >= 11 is 0. The van der Waals surface area contributed by atoms with Crippen molar-refractivity contribution >= 4 is 16.0 Å². The molecule has 4 rings (SSSR count). The first-order valence-electron chi connectivity index (χ1n) is 10.1. The highest BCUT2D eigenvalue weighted by Gasteiger charge is 2.34. The Bertz CT molecular complexity index is 1220. The number of ether oxygens (including phenoxy) is 2. The number of rotatable bonds is 6. The van der Waals surface area contributed by atoms with Gasteiger partial charge in [0.1, 0.15) is 5.75 Å². The van der Waals surface area contributed by atoms with E-state index in [1.165, 1.54) is 23.5 Å². The van der Waals surface area contributed by atoms with Crippen LogP contribution in [0.15, 0.2) is 57.9 Å². The van der Waals surface area contributed by atoms with Crippen molar-refractivity contribution in [2.75, 3.05) is 27.3 Å². The number of nitrogens with zero attached hydrogens (tertiary/aromatic N) is 3. The normalized spacial score (nSPS) is 15.4. The van der Waals surface area contributed by atoms with Gasteiger partial charge in [0, 0.05) is 24.6 Å². The Kier molecular flexibility index (Phi) is 6.24. The molecule has 1 aliphatic heterocycles. The molecule has 1 saturated heterocycles. The standard InChI is InChI=1S/C22H23N3O6S/c1-29-17-7-5-6-16(14-17)21-23-20(24-31-21)15-10-12-25(13-11-15)32(27,28)19-9-4-3-8-18(19)22(26)30-2/h3-9,14-15H,10-13H2,1-2H3. The maximum Gasteiger partial charge on any atom is 0.339 e. The van der Waals surface area contributed by atoms with Crippen molar-refractivity contribution in [3.8, 4) is 17.2 Å². The highest BCUT2D eigenvalue weighted by molar-refractivity contribution is 7.89. The second-order valence-corrected chi connectivity index (χ2v) is 9.26. The number of piperidine rings is 1. The Hall–Kier alpha value is -3.24. The average Bonchev–Trinajstić information content (AvgIpc) is 3.34. The van der Waals surface area contributed by atoms with Crippen LogP contribution < -0.4 is 4.74 Å². The van der Waals surface area contributed by atoms with E-state index in [4.69, 9.17) is 14.0 Å². The maximum absolute atomic E-state index is 13.2. The molecule has 2 aromatic carbocycles. The van der Waals surface area contributed by atoms with Crippen LogP contribution in [0, 0.1) is 0 Å². The van der Waals surface area contributed by atoms with Crippen molar-refractivity contribution in [2.24, 2.45) is 0 Å². The van der Waals surface area contributed by atoms with Crippen molar-refractivity contribution in [1.82, 2.24) is 14.4 Å². The Morgan fingerprint density at radius 3 is 2.56 bits per heavy atom. The van der Waals surface area contributed by atoms with E-state index in [9.17, 15) is 13.2 Å². The van der Waals surface area contributed by atoms with Gasteiger partial charge in [-0.25, -0.2) is 13.2 Å². The van der Waals surface area contributed by atoms with E-state index in [0.717, 1.165) is 5.56 Å². The highest BCUT2D eigenvalue weighted by atomic mass is 32.2. The van der Waals surface area contributed by atoms with Gasteiger partial charge in [0.25, 0.3) is 5.89 Å². The van der Waals surface area contributed by atoms with Crippen molar-refractivity contribution in [3.05, 3.63) is 59.9 Å². The molecule has 32 heavy (non-hydrogen) atoms. The summed E-state index contributed by atoms with van der Waals surface area (Å²) in [5.41, 5.74) is 0.778. The molecular weight excluding hydrogens is 434 g/mol. The van der Waals surface area contributed by atoms with Gasteiger partial charge in [-0.05, 0) is 43.2 Å². The first-order chi connectivity index (χ1) is 15.4. The zero-order valence-corrected chi connectivity index (χ0v) is 18.5. The van der Waals surface area contributed by atoms with Crippen LogP contribution in [0.5, 0.6) is 5.75 Å². The fraction of sp³-hybridized carbons (Fsp3) is 0.318. The Morgan fingerprint density at radius 1 is 1.09 bits per heavy atom. The Morgan fingerprint density at radius 2 is 1.84 bits per heavy atom. The van der Waals surface area contributed by atoms with Gasteiger partial charge in [0.2, 0.25) is 10.0 Å². The number of hydrogen-bond donors (Lipinski definition) is 0. The van der Waals surface area contributed by atoms with E-state index in [0.29, 0.717) is 30.3 Å². The van der Waals surface area contributed by atoms with Gasteiger partial charge in [0.15, 0.2) is 5.82 Å². The van der Waals surface area contributed by atoms with E-state index in [1.54, 1.807) is 19.2 Å². The van der Waals surface area contributed by atoms with Crippen LogP contribution >= 0.6 is 0 Å². The zero-order valence-electron chi connectivity index (χ0n) is 17.7. The number of carbonyl (C=O) groups is 1. The number of aromatic nitrogens is 2. The molecule has 0 aliphatic carbocycles. The molecule has 0 N–H and O–H groups in total. The first kappa shape index (κ1) is 22.0. The molecule has 168 valence electrons. The third kappa shape index (κ3) is 4.23. The van der Waals surface area contributed by atoms with Crippen LogP contribution in [0.2, 0.25) is 0 Å². The lowest BCUT2D eigenvalue weighted by Crippen LogP contribution is -2.38. The first-order valence-corrected chi connectivity index (χ1v) is 11.5. The second-order valence-electron chi connectivity index (χ2n) is 7.36. The molecular formula is C22H23N3O6S. The fourth-order valence-corrected chi connectivity index (χ4v) is 5.39. The van der Waals surface area contributed by atoms with E-state index < -0.39 is 16.0 Å². The summed E-state index contributed by atoms with van der Waals surface area (Å²) < 4.78 is 43.1. The summed E-state index contributed by atoms with van der Waals surface area (Å²) in [4.78, 5) is 16.5. The predicted molar refractivity (Wildman–Crippen MR) is 115 cm³/mol. The molecule has 0 radical (unpaired) electrons. The summed E-state index contributed by atoms with van der Waals surface area (Å²) in [7, 11) is -1.03. The lowest BCUT2D eigenvalue weighted by Gasteiger charge is -2.30. The summed E-state index contributed by atoms with van der Waals surface area (Å²) in [6.45, 7) is 0.567. The third-order valence-electron chi connectivity index (χ3n) is 5.49. The number of carbonyl (C=O) groups excluding carboxylic acids is 1. The molecule has 3 aromatic rings. The van der Waals surface area contributed by atoms with Crippen molar-refractivity contribution in [1.29, 1.82) is 0 Å². The molecule has 0 atom stereocenters. The quantitative estimate of drug-likeness (QED) is 0.519. The molecule has 0 amide bonds. The van der Waals surface area contributed by atoms with Gasteiger partial charge in [-0.1, -0.05) is 23.4 Å². The maximum atomic E-state index is 13.2. The predicted octanol–water partition coefficient (Wildman–Crippen LogP) is 3.10. The SMILES string of the molecule is COC(=O)c1ccccc1S(=O)(=O)N1CCC(c2noc(-c3cccc(OC)c3)n2)CC1. The lowest BCUT2D eigenvalue weighted by atomic mass is 9.97. The Balaban J connectivity index is 1.48. The minimum Gasteiger partial charge on any atom is -0.497 e. The lowest BCUT2D eigenvalue weighted by molar-refractivity contribution is 0.0596. The summed E-state index contributed by atoms with van der Waals surface area (Å²) in [5.74, 6) is 0.917. The molecule has 1 aromatic heterocycles. The van der Waals surface area contributed by atoms with Crippen LogP contribution in [0.25, 0.3) is 11.5 Å². The zero-order chi connectivity index (χ0) is 22.7.